The van der Waals surface area contributed by atoms with Crippen LogP contribution in [0.2, 0.25) is 0 Å². The first-order chi connectivity index (χ1) is 24.9. The lowest BCUT2D eigenvalue weighted by Gasteiger charge is -2.62. The lowest BCUT2D eigenvalue weighted by atomic mass is 9.45. The van der Waals surface area contributed by atoms with E-state index in [1.54, 1.807) is 18.6 Å². The number of aliphatic imine (C=N–C) groups is 1. The third-order valence-electron chi connectivity index (χ3n) is 12.4. The number of hydrogen-bond acceptors (Lipinski definition) is 12. The van der Waals surface area contributed by atoms with Crippen LogP contribution in [0, 0.1) is 28.6 Å². The minimum absolute atomic E-state index is 0.00296. The summed E-state index contributed by atoms with van der Waals surface area (Å²) in [5.41, 5.74) is 2.86. The number of cyclic esters (lactones) is 1. The Morgan fingerprint density at radius 1 is 1.12 bits per heavy atom. The molecule has 8 unspecified atom stereocenters. The van der Waals surface area contributed by atoms with E-state index in [0.29, 0.717) is 43.1 Å². The number of ether oxygens (including phenoxy) is 3. The standard InChI is InChI=1S/C38H45N5O9/c1-37-9-8-30(52-35-33(48)32(47)31(46)28(17-44)51-35)38(2,18-45)29(37)15-25-23(16-43-11-10-39-36(43)41-25)24(37)6-5-21-14-22(50-34(21)49)12-20-4-7-27-26(13-20)40-19-42(27)3/h4-7,10-14,19,23-24,28-33,35,44-48H,8-9,15-18H2,1-3H3/t23?,24?,28?,29?,30-,31?,32?,33?,35?,37-,38+/m1/s1. The average Bonchev–Trinajstić information content (AvgIpc) is 3.85. The van der Waals surface area contributed by atoms with Gasteiger partial charge in [-0.15, -0.1) is 0 Å². The molecular weight excluding hydrogens is 670 g/mol. The van der Waals surface area contributed by atoms with Crippen molar-refractivity contribution < 1.29 is 44.5 Å². The number of fused-ring (bicyclic) bond motifs is 4. The van der Waals surface area contributed by atoms with Gasteiger partial charge in [-0.05, 0) is 66.4 Å². The van der Waals surface area contributed by atoms with Gasteiger partial charge in [0.25, 0.3) is 0 Å². The molecule has 0 bridgehead atoms. The number of carbonyl (C=O) groups excluding carboxylic acids is 1. The smallest absolute Gasteiger partial charge is 0.343 e. The second-order valence-corrected chi connectivity index (χ2v) is 15.4. The highest BCUT2D eigenvalue weighted by atomic mass is 16.7. The Kier molecular flexibility index (Phi) is 8.84. The van der Waals surface area contributed by atoms with Crippen LogP contribution >= 0.6 is 0 Å². The fourth-order valence-corrected chi connectivity index (χ4v) is 9.40. The first-order valence-electron chi connectivity index (χ1n) is 17.8. The highest BCUT2D eigenvalue weighted by Crippen LogP contribution is 2.62. The molecule has 1 aromatic carbocycles. The van der Waals surface area contributed by atoms with Crippen LogP contribution in [0.5, 0.6) is 0 Å². The monoisotopic (exact) mass is 715 g/mol. The third-order valence-corrected chi connectivity index (χ3v) is 12.4. The largest absolute Gasteiger partial charge is 0.423 e. The normalized spacial score (nSPS) is 38.2. The molecule has 3 aromatic rings. The topological polar surface area (TPSA) is 194 Å². The number of rotatable bonds is 7. The minimum Gasteiger partial charge on any atom is -0.423 e. The summed E-state index contributed by atoms with van der Waals surface area (Å²) in [6.45, 7) is 4.04. The molecule has 5 aliphatic rings. The van der Waals surface area contributed by atoms with E-state index >= 15 is 0 Å². The molecule has 5 N–H and O–H groups in total. The number of aryl methyl sites for hydroxylation is 1. The second kappa shape index (κ2) is 13.1. The molecule has 2 saturated carbocycles. The number of allylic oxidation sites excluding steroid dienone is 2. The number of esters is 1. The van der Waals surface area contributed by atoms with E-state index in [2.05, 4.69) is 23.0 Å². The van der Waals surface area contributed by atoms with Crippen molar-refractivity contribution in [3.05, 3.63) is 72.0 Å². The highest BCUT2D eigenvalue weighted by molar-refractivity contribution is 5.97. The Morgan fingerprint density at radius 2 is 1.94 bits per heavy atom. The van der Waals surface area contributed by atoms with E-state index in [1.165, 1.54) is 0 Å². The Bertz CT molecular complexity index is 2000. The van der Waals surface area contributed by atoms with Gasteiger partial charge in [0.2, 0.25) is 5.95 Å². The number of nitrogens with zero attached hydrogens (tertiary/aromatic N) is 5. The summed E-state index contributed by atoms with van der Waals surface area (Å²) in [6.07, 6.45) is 6.99. The van der Waals surface area contributed by atoms with Crippen molar-refractivity contribution in [3.8, 4) is 0 Å². The van der Waals surface area contributed by atoms with Gasteiger partial charge in [0, 0.05) is 43.0 Å². The lowest BCUT2D eigenvalue weighted by molar-refractivity contribution is -0.329. The molecule has 1 saturated heterocycles. The van der Waals surface area contributed by atoms with Gasteiger partial charge in [0.15, 0.2) is 6.29 Å². The van der Waals surface area contributed by atoms with Crippen LogP contribution in [-0.2, 0) is 32.6 Å². The zero-order chi connectivity index (χ0) is 36.5. The van der Waals surface area contributed by atoms with E-state index in [0.717, 1.165) is 22.3 Å². The number of imidazole rings is 2. The van der Waals surface area contributed by atoms with Gasteiger partial charge in [-0.1, -0.05) is 32.1 Å². The molecule has 0 spiro atoms. The fraction of sp³-hybridized carbons (Fsp3) is 0.526. The summed E-state index contributed by atoms with van der Waals surface area (Å²) in [5, 5.41) is 52.4. The summed E-state index contributed by atoms with van der Waals surface area (Å²) in [4.78, 5) is 27.1. The van der Waals surface area contributed by atoms with Gasteiger partial charge < -0.3 is 48.9 Å². The van der Waals surface area contributed by atoms with Crippen molar-refractivity contribution in [1.29, 1.82) is 0 Å². The van der Waals surface area contributed by atoms with Crippen molar-refractivity contribution in [2.45, 2.75) is 76.5 Å². The van der Waals surface area contributed by atoms with Gasteiger partial charge in [-0.3, -0.25) is 0 Å². The van der Waals surface area contributed by atoms with Crippen LogP contribution in [0.1, 0.15) is 38.7 Å². The zero-order valence-electron chi connectivity index (χ0n) is 29.3. The van der Waals surface area contributed by atoms with Crippen LogP contribution in [0.15, 0.2) is 71.5 Å². The second-order valence-electron chi connectivity index (χ2n) is 15.4. The third kappa shape index (κ3) is 5.68. The molecule has 2 aliphatic carbocycles. The number of hydrogen-bond donors (Lipinski definition) is 5. The number of benzene rings is 1. The van der Waals surface area contributed by atoms with E-state index in [-0.39, 0.29) is 29.8 Å². The van der Waals surface area contributed by atoms with Gasteiger partial charge in [0.1, 0.15) is 30.2 Å². The molecule has 5 heterocycles. The van der Waals surface area contributed by atoms with Crippen LogP contribution in [0.25, 0.3) is 17.1 Å². The van der Waals surface area contributed by atoms with E-state index < -0.39 is 54.8 Å². The molecular formula is C38H45N5O9. The molecule has 3 aliphatic heterocycles. The molecule has 14 nitrogen and oxygen atoms in total. The fourth-order valence-electron chi connectivity index (χ4n) is 9.40. The summed E-state index contributed by atoms with van der Waals surface area (Å²) >= 11 is 0. The van der Waals surface area contributed by atoms with Crippen LogP contribution in [0.4, 0.5) is 5.95 Å². The maximum atomic E-state index is 13.2. The van der Waals surface area contributed by atoms with Crippen molar-refractivity contribution in [3.63, 3.8) is 0 Å². The van der Waals surface area contributed by atoms with Gasteiger partial charge >= 0.3 is 5.97 Å². The Labute approximate surface area is 300 Å². The Balaban J connectivity index is 1.11. The predicted octanol–water partition coefficient (Wildman–Crippen LogP) is 2.17. The molecule has 8 rings (SSSR count). The molecule has 0 radical (unpaired) electrons. The predicted molar refractivity (Wildman–Crippen MR) is 188 cm³/mol. The number of aromatic nitrogens is 4. The average molecular weight is 716 g/mol. The number of aliphatic hydroxyl groups is 5. The van der Waals surface area contributed by atoms with Crippen LogP contribution in [0.3, 0.4) is 0 Å². The SMILES string of the molecule is Cn1cnc2cc(C=C3C=C(C=CC4C5Cn6ccnc6N=C5CC5[C@]4(C)CC[C@@H](OC4OC(CO)C(O)C(O)C4O)[C@@]5(C)CO)C(=O)O3)ccc21. The van der Waals surface area contributed by atoms with Crippen molar-refractivity contribution >= 4 is 34.7 Å². The quantitative estimate of drug-likeness (QED) is 0.178. The van der Waals surface area contributed by atoms with E-state index in [1.807, 2.05) is 59.7 Å². The lowest BCUT2D eigenvalue weighted by Crippen LogP contribution is -2.64. The van der Waals surface area contributed by atoms with E-state index in [4.69, 9.17) is 19.2 Å². The van der Waals surface area contributed by atoms with Gasteiger partial charge in [0.05, 0.1) is 42.3 Å². The summed E-state index contributed by atoms with van der Waals surface area (Å²) in [6, 6.07) is 5.89. The van der Waals surface area contributed by atoms with Gasteiger partial charge in [-0.25, -0.2) is 19.8 Å². The molecule has 0 amide bonds. The molecule has 52 heavy (non-hydrogen) atoms. The summed E-state index contributed by atoms with van der Waals surface area (Å²) in [5.74, 6) is 0.353. The summed E-state index contributed by atoms with van der Waals surface area (Å²) in [7, 11) is 1.94. The first-order valence-corrected chi connectivity index (χ1v) is 17.8. The first kappa shape index (κ1) is 35.0. The Morgan fingerprint density at radius 3 is 2.73 bits per heavy atom. The highest BCUT2D eigenvalue weighted by Gasteiger charge is 2.61. The van der Waals surface area contributed by atoms with E-state index in [9.17, 15) is 30.3 Å². The maximum absolute atomic E-state index is 13.2. The van der Waals surface area contributed by atoms with Crippen LogP contribution in [-0.4, -0.2) is 106 Å². The van der Waals surface area contributed by atoms with Crippen molar-refractivity contribution in [1.82, 2.24) is 19.1 Å². The number of aliphatic hydroxyl groups excluding tert-OH is 5. The van der Waals surface area contributed by atoms with Gasteiger partial charge in [-0.2, -0.15) is 0 Å². The molecule has 3 fully saturated rings. The summed E-state index contributed by atoms with van der Waals surface area (Å²) < 4.78 is 21.8. The Hall–Kier alpha value is -4.02. The maximum Gasteiger partial charge on any atom is 0.343 e. The number of carbonyl (C=O) groups is 1. The molecule has 11 atom stereocenters. The van der Waals surface area contributed by atoms with Crippen molar-refractivity contribution in [2.75, 3.05) is 13.2 Å². The zero-order valence-corrected chi connectivity index (χ0v) is 29.3. The minimum atomic E-state index is -1.58. The molecule has 14 heteroatoms. The van der Waals surface area contributed by atoms with Crippen LogP contribution < -0.4 is 0 Å². The van der Waals surface area contributed by atoms with Crippen molar-refractivity contribution in [2.24, 2.45) is 40.6 Å². The molecule has 276 valence electrons. The molecule has 2 aromatic heterocycles.